The molecule has 0 radical (unpaired) electrons. The summed E-state index contributed by atoms with van der Waals surface area (Å²) in [5.74, 6) is 0.0702. The first kappa shape index (κ1) is 15.0. The minimum atomic E-state index is -0.406. The van der Waals surface area contributed by atoms with Gasteiger partial charge in [0.05, 0.1) is 13.2 Å². The number of aryl methyl sites for hydroxylation is 2. The van der Waals surface area contributed by atoms with E-state index in [0.717, 1.165) is 16.8 Å². The number of carbonyl (C=O) groups is 1. The smallest absolute Gasteiger partial charge is 0.326 e. The van der Waals surface area contributed by atoms with Crippen molar-refractivity contribution < 1.29 is 9.53 Å². The van der Waals surface area contributed by atoms with Gasteiger partial charge in [0.2, 0.25) is 0 Å². The van der Waals surface area contributed by atoms with Gasteiger partial charge in [0.1, 0.15) is 0 Å². The number of anilines is 1. The number of nitrogens with zero attached hydrogens (tertiary/aromatic N) is 1. The number of guanidine groups is 1. The number of urea groups is 1. The Bertz CT molecular complexity index is 451. The van der Waals surface area contributed by atoms with Crippen molar-refractivity contribution in [3.63, 3.8) is 0 Å². The van der Waals surface area contributed by atoms with Gasteiger partial charge >= 0.3 is 6.03 Å². The Labute approximate surface area is 113 Å². The van der Waals surface area contributed by atoms with E-state index >= 15 is 0 Å². The molecule has 1 aromatic carbocycles. The molecule has 2 amide bonds. The summed E-state index contributed by atoms with van der Waals surface area (Å²) in [5, 5.41) is 5.22. The number of hydrogen-bond acceptors (Lipinski definition) is 3. The molecule has 1 aromatic rings. The van der Waals surface area contributed by atoms with Crippen molar-refractivity contribution in [3.8, 4) is 0 Å². The fourth-order valence-corrected chi connectivity index (χ4v) is 1.57. The second kappa shape index (κ2) is 7.38. The highest BCUT2D eigenvalue weighted by Crippen LogP contribution is 2.18. The highest BCUT2D eigenvalue weighted by molar-refractivity contribution is 6.02. The molecule has 4 N–H and O–H groups in total. The first-order valence-corrected chi connectivity index (χ1v) is 5.97. The lowest BCUT2D eigenvalue weighted by Gasteiger charge is -2.12. The van der Waals surface area contributed by atoms with Crippen LogP contribution in [0, 0.1) is 13.8 Å². The maximum atomic E-state index is 11.7. The van der Waals surface area contributed by atoms with Crippen LogP contribution in [-0.4, -0.2) is 32.3 Å². The molecule has 6 nitrogen and oxygen atoms in total. The molecule has 0 heterocycles. The number of para-hydroxylation sites is 1. The molecule has 0 aliphatic rings. The molecule has 0 bridgehead atoms. The maximum Gasteiger partial charge on any atom is 0.326 e. The molecule has 104 valence electrons. The quantitative estimate of drug-likeness (QED) is 0.436. The molecule has 0 fully saturated rings. The van der Waals surface area contributed by atoms with Crippen LogP contribution in [0.4, 0.5) is 10.5 Å². The van der Waals surface area contributed by atoms with Crippen LogP contribution in [0.3, 0.4) is 0 Å². The third-order valence-electron chi connectivity index (χ3n) is 2.54. The number of rotatable bonds is 4. The number of hydrogen-bond donors (Lipinski definition) is 3. The van der Waals surface area contributed by atoms with Crippen LogP contribution in [0.1, 0.15) is 11.1 Å². The molecular weight excluding hydrogens is 244 g/mol. The summed E-state index contributed by atoms with van der Waals surface area (Å²) in [6, 6.07) is 5.39. The Morgan fingerprint density at radius 1 is 1.37 bits per heavy atom. The number of benzene rings is 1. The Morgan fingerprint density at radius 3 is 2.58 bits per heavy atom. The van der Waals surface area contributed by atoms with Crippen LogP contribution in [0.25, 0.3) is 0 Å². The second-order valence-corrected chi connectivity index (χ2v) is 4.11. The Balaban J connectivity index is 2.58. The number of methoxy groups -OCH3 is 1. The minimum absolute atomic E-state index is 0.0702. The second-order valence-electron chi connectivity index (χ2n) is 4.11. The highest BCUT2D eigenvalue weighted by atomic mass is 16.5. The van der Waals surface area contributed by atoms with E-state index in [4.69, 9.17) is 10.5 Å². The summed E-state index contributed by atoms with van der Waals surface area (Å²) in [7, 11) is 1.58. The first-order chi connectivity index (χ1) is 9.04. The largest absolute Gasteiger partial charge is 0.383 e. The van der Waals surface area contributed by atoms with Crippen LogP contribution in [0.15, 0.2) is 23.2 Å². The molecule has 6 heteroatoms. The van der Waals surface area contributed by atoms with Gasteiger partial charge in [-0.25, -0.2) is 4.79 Å². The van der Waals surface area contributed by atoms with E-state index in [9.17, 15) is 4.79 Å². The maximum absolute atomic E-state index is 11.7. The fourth-order valence-electron chi connectivity index (χ4n) is 1.57. The zero-order chi connectivity index (χ0) is 14.3. The summed E-state index contributed by atoms with van der Waals surface area (Å²) in [4.78, 5) is 15.7. The predicted octanol–water partition coefficient (Wildman–Crippen LogP) is 1.39. The zero-order valence-electron chi connectivity index (χ0n) is 11.5. The van der Waals surface area contributed by atoms with Gasteiger partial charge in [-0.05, 0) is 25.0 Å². The molecule has 0 saturated heterocycles. The summed E-state index contributed by atoms with van der Waals surface area (Å²) in [6.07, 6.45) is 0. The first-order valence-electron chi connectivity index (χ1n) is 5.97. The molecule has 0 unspecified atom stereocenters. The lowest BCUT2D eigenvalue weighted by Crippen LogP contribution is -2.40. The lowest BCUT2D eigenvalue weighted by atomic mass is 10.1. The van der Waals surface area contributed by atoms with Gasteiger partial charge in [0.25, 0.3) is 0 Å². The predicted molar refractivity (Wildman–Crippen MR) is 76.4 cm³/mol. The van der Waals surface area contributed by atoms with Gasteiger partial charge in [-0.3, -0.25) is 10.3 Å². The summed E-state index contributed by atoms with van der Waals surface area (Å²) >= 11 is 0. The van der Waals surface area contributed by atoms with Crippen LogP contribution in [0.2, 0.25) is 0 Å². The average molecular weight is 264 g/mol. The molecule has 0 spiro atoms. The number of aliphatic imine (C=N–C) groups is 1. The number of amides is 2. The molecule has 1 rings (SSSR count). The molecule has 19 heavy (non-hydrogen) atoms. The van der Waals surface area contributed by atoms with E-state index in [-0.39, 0.29) is 5.96 Å². The van der Waals surface area contributed by atoms with Crippen LogP contribution in [0.5, 0.6) is 0 Å². The SMILES string of the molecule is COCCN=C(N)NC(=O)Nc1c(C)cccc1C. The Kier molecular flexibility index (Phi) is 5.81. The number of carbonyl (C=O) groups excluding carboxylic acids is 1. The van der Waals surface area contributed by atoms with E-state index in [1.165, 1.54) is 0 Å². The van der Waals surface area contributed by atoms with Crippen molar-refractivity contribution >= 4 is 17.7 Å². The number of nitrogens with two attached hydrogens (primary N) is 1. The number of nitrogens with one attached hydrogen (secondary N) is 2. The Morgan fingerprint density at radius 2 is 2.00 bits per heavy atom. The van der Waals surface area contributed by atoms with Gasteiger partial charge in [0.15, 0.2) is 5.96 Å². The monoisotopic (exact) mass is 264 g/mol. The topological polar surface area (TPSA) is 88.7 Å². The van der Waals surface area contributed by atoms with Gasteiger partial charge in [-0.2, -0.15) is 0 Å². The molecule has 0 saturated carbocycles. The van der Waals surface area contributed by atoms with Crippen molar-refractivity contribution in [2.45, 2.75) is 13.8 Å². The normalized spacial score (nSPS) is 11.2. The highest BCUT2D eigenvalue weighted by Gasteiger charge is 2.07. The van der Waals surface area contributed by atoms with E-state index in [1.54, 1.807) is 7.11 Å². The summed E-state index contributed by atoms with van der Waals surface area (Å²) in [6.45, 7) is 4.73. The van der Waals surface area contributed by atoms with Crippen molar-refractivity contribution in [1.82, 2.24) is 5.32 Å². The van der Waals surface area contributed by atoms with Crippen molar-refractivity contribution in [3.05, 3.63) is 29.3 Å². The summed E-state index contributed by atoms with van der Waals surface area (Å²) < 4.78 is 4.83. The zero-order valence-corrected chi connectivity index (χ0v) is 11.5. The van der Waals surface area contributed by atoms with Gasteiger partial charge < -0.3 is 15.8 Å². The van der Waals surface area contributed by atoms with Crippen LogP contribution in [-0.2, 0) is 4.74 Å². The lowest BCUT2D eigenvalue weighted by molar-refractivity contribution is 0.208. The van der Waals surface area contributed by atoms with E-state index < -0.39 is 6.03 Å². The van der Waals surface area contributed by atoms with Crippen molar-refractivity contribution in [2.24, 2.45) is 10.7 Å². The fraction of sp³-hybridized carbons (Fsp3) is 0.385. The van der Waals surface area contributed by atoms with Crippen molar-refractivity contribution in [2.75, 3.05) is 25.6 Å². The average Bonchev–Trinajstić information content (AvgIpc) is 2.34. The molecular formula is C13H20N4O2. The molecule has 0 aliphatic carbocycles. The van der Waals surface area contributed by atoms with E-state index in [1.807, 2.05) is 32.0 Å². The minimum Gasteiger partial charge on any atom is -0.383 e. The van der Waals surface area contributed by atoms with Gasteiger partial charge in [-0.1, -0.05) is 18.2 Å². The standard InChI is InChI=1S/C13H20N4O2/c1-9-5-4-6-10(2)11(9)16-13(18)17-12(14)15-7-8-19-3/h4-6H,7-8H2,1-3H3,(H4,14,15,16,17,18). The van der Waals surface area contributed by atoms with Gasteiger partial charge in [-0.15, -0.1) is 0 Å². The molecule has 0 aliphatic heterocycles. The van der Waals surface area contributed by atoms with E-state index in [0.29, 0.717) is 13.2 Å². The number of ether oxygens (including phenoxy) is 1. The van der Waals surface area contributed by atoms with Crippen LogP contribution >= 0.6 is 0 Å². The van der Waals surface area contributed by atoms with Crippen LogP contribution < -0.4 is 16.4 Å². The van der Waals surface area contributed by atoms with E-state index in [2.05, 4.69) is 15.6 Å². The molecule has 0 aromatic heterocycles. The molecule has 0 atom stereocenters. The third-order valence-corrected chi connectivity index (χ3v) is 2.54. The Hall–Kier alpha value is -2.08. The summed E-state index contributed by atoms with van der Waals surface area (Å²) in [5.41, 5.74) is 8.33. The third kappa shape index (κ3) is 4.97. The van der Waals surface area contributed by atoms with Gasteiger partial charge in [0, 0.05) is 12.8 Å². The van der Waals surface area contributed by atoms with Crippen molar-refractivity contribution in [1.29, 1.82) is 0 Å².